The zero-order chi connectivity index (χ0) is 18.5. The Balaban J connectivity index is 1.68. The first kappa shape index (κ1) is 17.7. The second-order valence-electron chi connectivity index (χ2n) is 6.22. The minimum absolute atomic E-state index is 0.0799. The van der Waals surface area contributed by atoms with E-state index in [2.05, 4.69) is 5.32 Å². The predicted molar refractivity (Wildman–Crippen MR) is 100 cm³/mol. The molecular weight excluding hydrogens is 328 g/mol. The molecule has 1 heterocycles. The number of nitrogens with zero attached hydrogens (tertiary/aromatic N) is 1. The molecule has 0 unspecified atom stereocenters. The molecule has 2 aromatic rings. The van der Waals surface area contributed by atoms with Gasteiger partial charge in [0.05, 0.1) is 19.6 Å². The first-order valence-corrected chi connectivity index (χ1v) is 8.54. The summed E-state index contributed by atoms with van der Waals surface area (Å²) in [5.41, 5.74) is 3.02. The van der Waals surface area contributed by atoms with Gasteiger partial charge in [0.1, 0.15) is 5.75 Å². The van der Waals surface area contributed by atoms with Gasteiger partial charge in [0.25, 0.3) is 0 Å². The summed E-state index contributed by atoms with van der Waals surface area (Å²) in [6, 6.07) is 15.1. The van der Waals surface area contributed by atoms with E-state index in [1.807, 2.05) is 54.6 Å². The second-order valence-corrected chi connectivity index (χ2v) is 6.22. The van der Waals surface area contributed by atoms with E-state index >= 15 is 0 Å². The Morgan fingerprint density at radius 1 is 1.12 bits per heavy atom. The quantitative estimate of drug-likeness (QED) is 0.900. The summed E-state index contributed by atoms with van der Waals surface area (Å²) in [5, 5.41) is 2.93. The fraction of sp³-hybridized carbons (Fsp3) is 0.238. The lowest BCUT2D eigenvalue weighted by molar-refractivity contribution is -0.130. The zero-order valence-corrected chi connectivity index (χ0v) is 14.9. The summed E-state index contributed by atoms with van der Waals surface area (Å²) in [5.74, 6) is 0.605. The number of fused-ring (bicyclic) bond motifs is 1. The Morgan fingerprint density at radius 2 is 1.85 bits per heavy atom. The predicted octanol–water partition coefficient (Wildman–Crippen LogP) is 3.28. The van der Waals surface area contributed by atoms with Crippen LogP contribution in [0, 0.1) is 0 Å². The van der Waals surface area contributed by atoms with E-state index in [-0.39, 0.29) is 24.3 Å². The van der Waals surface area contributed by atoms with Gasteiger partial charge in [-0.05, 0) is 34.9 Å². The highest BCUT2D eigenvalue weighted by atomic mass is 16.5. The van der Waals surface area contributed by atoms with Crippen LogP contribution in [0.3, 0.4) is 0 Å². The molecular formula is C21H22N2O3. The van der Waals surface area contributed by atoms with Crippen molar-refractivity contribution < 1.29 is 14.3 Å². The molecule has 26 heavy (non-hydrogen) atoms. The minimum atomic E-state index is -0.287. The number of methoxy groups -OCH3 is 1. The van der Waals surface area contributed by atoms with E-state index in [0.29, 0.717) is 6.54 Å². The molecule has 1 aliphatic rings. The van der Waals surface area contributed by atoms with Crippen molar-refractivity contribution in [2.45, 2.75) is 25.9 Å². The van der Waals surface area contributed by atoms with Crippen molar-refractivity contribution in [3.8, 4) is 5.75 Å². The van der Waals surface area contributed by atoms with Crippen molar-refractivity contribution in [2.75, 3.05) is 7.11 Å². The summed E-state index contributed by atoms with van der Waals surface area (Å²) in [6.45, 7) is 1.95. The minimum Gasteiger partial charge on any atom is -0.497 e. The third-order valence-corrected chi connectivity index (χ3v) is 4.50. The lowest BCUT2D eigenvalue weighted by atomic mass is 9.93. The topological polar surface area (TPSA) is 58.6 Å². The van der Waals surface area contributed by atoms with Crippen LogP contribution in [0.2, 0.25) is 0 Å². The molecule has 0 aliphatic carbocycles. The van der Waals surface area contributed by atoms with Crippen LogP contribution in [0.15, 0.2) is 54.7 Å². The average molecular weight is 350 g/mol. The number of hydrogen-bond donors (Lipinski definition) is 1. The molecule has 5 heteroatoms. The van der Waals surface area contributed by atoms with Crippen LogP contribution >= 0.6 is 0 Å². The van der Waals surface area contributed by atoms with E-state index < -0.39 is 0 Å². The van der Waals surface area contributed by atoms with Gasteiger partial charge in [-0.1, -0.05) is 36.4 Å². The Bertz CT molecular complexity index is 827. The third kappa shape index (κ3) is 3.94. The number of benzene rings is 2. The van der Waals surface area contributed by atoms with Gasteiger partial charge in [-0.25, -0.2) is 0 Å². The summed E-state index contributed by atoms with van der Waals surface area (Å²) >= 11 is 0. The standard InChI is InChI=1S/C21H22N2O3/c1-15(24)23-12-11-17-5-3-4-6-19(17)20(23)13-21(25)22-14-16-7-9-18(26-2)10-8-16/h3-12,20H,13-14H2,1-2H3,(H,22,25)/t20-/m1/s1. The first-order chi connectivity index (χ1) is 12.6. The molecule has 134 valence electrons. The number of amides is 2. The van der Waals surface area contributed by atoms with Crippen molar-refractivity contribution in [1.82, 2.24) is 10.2 Å². The van der Waals surface area contributed by atoms with Crippen molar-refractivity contribution in [3.63, 3.8) is 0 Å². The molecule has 5 nitrogen and oxygen atoms in total. The third-order valence-electron chi connectivity index (χ3n) is 4.50. The van der Waals surface area contributed by atoms with Gasteiger partial charge in [0, 0.05) is 19.7 Å². The van der Waals surface area contributed by atoms with Gasteiger partial charge in [0.2, 0.25) is 11.8 Å². The number of nitrogens with one attached hydrogen (secondary N) is 1. The van der Waals surface area contributed by atoms with Crippen molar-refractivity contribution in [1.29, 1.82) is 0 Å². The molecule has 3 rings (SSSR count). The highest BCUT2D eigenvalue weighted by Gasteiger charge is 2.27. The molecule has 1 atom stereocenters. The maximum atomic E-state index is 12.5. The molecule has 0 saturated heterocycles. The summed E-state index contributed by atoms with van der Waals surface area (Å²) in [6.07, 6.45) is 3.88. The van der Waals surface area contributed by atoms with E-state index in [9.17, 15) is 9.59 Å². The molecule has 0 aromatic heterocycles. The number of carbonyl (C=O) groups is 2. The average Bonchev–Trinajstić information content (AvgIpc) is 2.66. The van der Waals surface area contributed by atoms with Crippen molar-refractivity contribution in [3.05, 3.63) is 71.4 Å². The van der Waals surface area contributed by atoms with Crippen molar-refractivity contribution in [2.24, 2.45) is 0 Å². The van der Waals surface area contributed by atoms with Gasteiger partial charge < -0.3 is 15.0 Å². The Morgan fingerprint density at radius 3 is 2.54 bits per heavy atom. The monoisotopic (exact) mass is 350 g/mol. The molecule has 1 aliphatic heterocycles. The maximum absolute atomic E-state index is 12.5. The fourth-order valence-electron chi connectivity index (χ4n) is 3.11. The van der Waals surface area contributed by atoms with Crippen LogP contribution < -0.4 is 10.1 Å². The van der Waals surface area contributed by atoms with Crippen LogP contribution in [0.5, 0.6) is 5.75 Å². The molecule has 0 fully saturated rings. The van der Waals surface area contributed by atoms with Gasteiger partial charge in [-0.3, -0.25) is 9.59 Å². The SMILES string of the molecule is COc1ccc(CNC(=O)C[C@@H]2c3ccccc3C=CN2C(C)=O)cc1. The van der Waals surface area contributed by atoms with Gasteiger partial charge in [-0.15, -0.1) is 0 Å². The lowest BCUT2D eigenvalue weighted by Gasteiger charge is -2.32. The number of ether oxygens (including phenoxy) is 1. The molecule has 0 bridgehead atoms. The fourth-order valence-corrected chi connectivity index (χ4v) is 3.11. The summed E-state index contributed by atoms with van der Waals surface area (Å²) in [4.78, 5) is 26.1. The lowest BCUT2D eigenvalue weighted by Crippen LogP contribution is -2.35. The molecule has 0 saturated carbocycles. The van der Waals surface area contributed by atoms with Gasteiger partial charge in [-0.2, -0.15) is 0 Å². The van der Waals surface area contributed by atoms with Crippen LogP contribution in [-0.2, 0) is 16.1 Å². The van der Waals surface area contributed by atoms with Crippen LogP contribution in [0.1, 0.15) is 36.1 Å². The van der Waals surface area contributed by atoms with E-state index in [1.54, 1.807) is 18.2 Å². The van der Waals surface area contributed by atoms with Crippen LogP contribution in [0.4, 0.5) is 0 Å². The largest absolute Gasteiger partial charge is 0.497 e. The molecule has 0 radical (unpaired) electrons. The molecule has 2 aromatic carbocycles. The van der Waals surface area contributed by atoms with E-state index in [1.165, 1.54) is 6.92 Å². The highest BCUT2D eigenvalue weighted by Crippen LogP contribution is 2.32. The van der Waals surface area contributed by atoms with Crippen molar-refractivity contribution >= 4 is 17.9 Å². The number of rotatable bonds is 5. The highest BCUT2D eigenvalue weighted by molar-refractivity contribution is 5.81. The number of carbonyl (C=O) groups excluding carboxylic acids is 2. The Labute approximate surface area is 153 Å². The normalized spacial score (nSPS) is 15.3. The Hall–Kier alpha value is -3.08. The van der Waals surface area contributed by atoms with E-state index in [0.717, 1.165) is 22.4 Å². The molecule has 0 spiro atoms. The Kier molecular flexibility index (Phi) is 5.37. The summed E-state index contributed by atoms with van der Waals surface area (Å²) in [7, 11) is 1.62. The zero-order valence-electron chi connectivity index (χ0n) is 14.9. The molecule has 1 N–H and O–H groups in total. The second kappa shape index (κ2) is 7.87. The van der Waals surface area contributed by atoms with Gasteiger partial charge >= 0.3 is 0 Å². The van der Waals surface area contributed by atoms with Crippen LogP contribution in [0.25, 0.3) is 6.08 Å². The number of hydrogen-bond acceptors (Lipinski definition) is 3. The van der Waals surface area contributed by atoms with Gasteiger partial charge in [0.15, 0.2) is 0 Å². The first-order valence-electron chi connectivity index (χ1n) is 8.54. The maximum Gasteiger partial charge on any atom is 0.223 e. The smallest absolute Gasteiger partial charge is 0.223 e. The van der Waals surface area contributed by atoms with Crippen LogP contribution in [-0.4, -0.2) is 23.8 Å². The summed E-state index contributed by atoms with van der Waals surface area (Å²) < 4.78 is 5.13. The van der Waals surface area contributed by atoms with E-state index in [4.69, 9.17) is 4.74 Å². The molecule has 2 amide bonds.